The van der Waals surface area contributed by atoms with Gasteiger partial charge >= 0.3 is 0 Å². The van der Waals surface area contributed by atoms with Crippen LogP contribution in [0.3, 0.4) is 0 Å². The summed E-state index contributed by atoms with van der Waals surface area (Å²) in [5, 5.41) is 3.46. The van der Waals surface area contributed by atoms with Crippen molar-refractivity contribution in [2.75, 3.05) is 13.0 Å². The summed E-state index contributed by atoms with van der Waals surface area (Å²) in [5.74, 6) is -0.445. The minimum atomic E-state index is -3.16. The number of hydrogen-bond acceptors (Lipinski definition) is 4. The van der Waals surface area contributed by atoms with E-state index in [1.165, 1.54) is 0 Å². The van der Waals surface area contributed by atoms with E-state index in [9.17, 15) is 4.57 Å². The molecule has 2 unspecified atom stereocenters. The Labute approximate surface area is 173 Å². The van der Waals surface area contributed by atoms with Gasteiger partial charge < -0.3 is 9.26 Å². The molecule has 0 fully saturated rings. The molecular formula is C24H28NO3P. The molecular weight excluding hydrogens is 381 g/mol. The molecule has 0 aliphatic carbocycles. The van der Waals surface area contributed by atoms with Gasteiger partial charge in [-0.3, -0.25) is 9.88 Å². The first kappa shape index (κ1) is 21.5. The number of ether oxygens (including phenoxy) is 1. The Hall–Kier alpha value is -2.23. The van der Waals surface area contributed by atoms with Crippen LogP contribution in [0.15, 0.2) is 91.0 Å². The first-order valence-corrected chi connectivity index (χ1v) is 11.8. The Morgan fingerprint density at radius 3 is 1.97 bits per heavy atom. The maximum absolute atomic E-state index is 13.9. The van der Waals surface area contributed by atoms with E-state index in [2.05, 4.69) is 5.32 Å². The lowest BCUT2D eigenvalue weighted by Crippen LogP contribution is -2.24. The quantitative estimate of drug-likeness (QED) is 0.397. The molecule has 0 aromatic heterocycles. The second-order valence-electron chi connectivity index (χ2n) is 6.79. The molecule has 0 saturated heterocycles. The van der Waals surface area contributed by atoms with Gasteiger partial charge in [0.05, 0.1) is 13.2 Å². The van der Waals surface area contributed by atoms with E-state index < -0.39 is 13.2 Å². The van der Waals surface area contributed by atoms with Crippen LogP contribution in [-0.2, 0) is 27.0 Å². The van der Waals surface area contributed by atoms with Crippen molar-refractivity contribution in [3.63, 3.8) is 0 Å². The molecule has 0 heterocycles. The molecule has 152 valence electrons. The van der Waals surface area contributed by atoms with Gasteiger partial charge in [0.2, 0.25) is 7.37 Å². The summed E-state index contributed by atoms with van der Waals surface area (Å²) in [6.45, 7) is 3.22. The molecule has 0 aliphatic rings. The molecule has 0 amide bonds. The molecule has 0 saturated carbocycles. The van der Waals surface area contributed by atoms with Crippen LogP contribution < -0.4 is 5.32 Å². The van der Waals surface area contributed by atoms with Crippen LogP contribution in [0.2, 0.25) is 0 Å². The smallest absolute Gasteiger partial charge is 0.248 e. The van der Waals surface area contributed by atoms with Crippen molar-refractivity contribution < 1.29 is 13.8 Å². The molecule has 0 radical (unpaired) electrons. The third-order valence-electron chi connectivity index (χ3n) is 4.58. The molecule has 4 nitrogen and oxygen atoms in total. The van der Waals surface area contributed by atoms with Crippen molar-refractivity contribution in [2.24, 2.45) is 0 Å². The van der Waals surface area contributed by atoms with Crippen LogP contribution in [0.1, 0.15) is 29.4 Å². The molecule has 5 heteroatoms. The average Bonchev–Trinajstić information content (AvgIpc) is 2.76. The van der Waals surface area contributed by atoms with Crippen molar-refractivity contribution in [1.82, 2.24) is 5.32 Å². The Balaban J connectivity index is 1.77. The summed E-state index contributed by atoms with van der Waals surface area (Å²) in [7, 11) is -3.16. The van der Waals surface area contributed by atoms with Gasteiger partial charge in [0.25, 0.3) is 0 Å². The first-order valence-electron chi connectivity index (χ1n) is 9.88. The second kappa shape index (κ2) is 11.1. The van der Waals surface area contributed by atoms with E-state index in [1.54, 1.807) is 0 Å². The Bertz CT molecular complexity index is 888. The van der Waals surface area contributed by atoms with Gasteiger partial charge in [-0.1, -0.05) is 91.0 Å². The summed E-state index contributed by atoms with van der Waals surface area (Å²) in [6, 6.07) is 29.8. The minimum Gasteiger partial charge on any atom is -0.367 e. The number of nitrogens with one attached hydrogen (secondary N) is 1. The van der Waals surface area contributed by atoms with Gasteiger partial charge in [-0.2, -0.15) is 0 Å². The largest absolute Gasteiger partial charge is 0.367 e. The number of rotatable bonds is 11. The van der Waals surface area contributed by atoms with Crippen LogP contribution in [0.4, 0.5) is 0 Å². The lowest BCUT2D eigenvalue weighted by Gasteiger charge is -2.28. The van der Waals surface area contributed by atoms with Crippen LogP contribution in [0.25, 0.3) is 0 Å². The van der Waals surface area contributed by atoms with Crippen LogP contribution in [0.5, 0.6) is 0 Å². The highest BCUT2D eigenvalue weighted by Crippen LogP contribution is 2.58. The zero-order valence-electron chi connectivity index (χ0n) is 16.7. The third-order valence-corrected chi connectivity index (χ3v) is 7.09. The maximum atomic E-state index is 13.9. The SMILES string of the molecule is CCOP(=O)(COCc1ccccc1)C(NCc1ccccc1)c1ccccc1. The molecule has 0 spiro atoms. The van der Waals surface area contributed by atoms with E-state index in [0.29, 0.717) is 19.8 Å². The second-order valence-corrected chi connectivity index (χ2v) is 9.27. The summed E-state index contributed by atoms with van der Waals surface area (Å²) >= 11 is 0. The van der Waals surface area contributed by atoms with E-state index in [-0.39, 0.29) is 6.35 Å². The highest BCUT2D eigenvalue weighted by atomic mass is 31.2. The van der Waals surface area contributed by atoms with Crippen LogP contribution in [-0.4, -0.2) is 13.0 Å². The summed E-state index contributed by atoms with van der Waals surface area (Å²) in [5.41, 5.74) is 3.11. The first-order chi connectivity index (χ1) is 14.2. The molecule has 1 N–H and O–H groups in total. The standard InChI is InChI=1S/C24H28NO3P/c1-2-28-29(26,20-27-19-22-14-8-4-9-15-22)24(23-16-10-5-11-17-23)25-18-21-12-6-3-7-13-21/h3-17,24-25H,2,18-20H2,1H3. The van der Waals surface area contributed by atoms with Crippen molar-refractivity contribution in [3.05, 3.63) is 108 Å². The number of hydrogen-bond donors (Lipinski definition) is 1. The lowest BCUT2D eigenvalue weighted by molar-refractivity contribution is 0.147. The van der Waals surface area contributed by atoms with E-state index in [0.717, 1.165) is 16.7 Å². The van der Waals surface area contributed by atoms with Gasteiger partial charge in [-0.05, 0) is 23.6 Å². The van der Waals surface area contributed by atoms with Gasteiger partial charge in [-0.25, -0.2) is 0 Å². The van der Waals surface area contributed by atoms with E-state index in [1.807, 2.05) is 97.9 Å². The van der Waals surface area contributed by atoms with Gasteiger partial charge in [0, 0.05) is 6.54 Å². The van der Waals surface area contributed by atoms with Crippen molar-refractivity contribution in [1.29, 1.82) is 0 Å². The van der Waals surface area contributed by atoms with Crippen molar-refractivity contribution >= 4 is 7.37 Å². The summed E-state index contributed by atoms with van der Waals surface area (Å²) < 4.78 is 25.6. The predicted molar refractivity (Wildman–Crippen MR) is 118 cm³/mol. The molecule has 29 heavy (non-hydrogen) atoms. The van der Waals surface area contributed by atoms with Crippen LogP contribution in [0, 0.1) is 0 Å². The average molecular weight is 409 g/mol. The molecule has 3 aromatic carbocycles. The highest BCUT2D eigenvalue weighted by molar-refractivity contribution is 7.59. The summed E-state index contributed by atoms with van der Waals surface area (Å²) in [4.78, 5) is 0. The van der Waals surface area contributed by atoms with Gasteiger partial charge in [0.1, 0.15) is 12.1 Å². The van der Waals surface area contributed by atoms with Crippen molar-refractivity contribution in [2.45, 2.75) is 25.9 Å². The molecule has 3 aromatic rings. The number of benzene rings is 3. The van der Waals surface area contributed by atoms with Gasteiger partial charge in [0.15, 0.2) is 0 Å². The highest BCUT2D eigenvalue weighted by Gasteiger charge is 2.35. The Morgan fingerprint density at radius 2 is 1.38 bits per heavy atom. The maximum Gasteiger partial charge on any atom is 0.248 e. The molecule has 0 aliphatic heterocycles. The molecule has 2 atom stereocenters. The van der Waals surface area contributed by atoms with E-state index in [4.69, 9.17) is 9.26 Å². The fourth-order valence-corrected chi connectivity index (χ4v) is 5.35. The zero-order valence-corrected chi connectivity index (χ0v) is 17.6. The lowest BCUT2D eigenvalue weighted by atomic mass is 10.2. The molecule has 3 rings (SSSR count). The normalized spacial score (nSPS) is 14.2. The van der Waals surface area contributed by atoms with Crippen LogP contribution >= 0.6 is 7.37 Å². The van der Waals surface area contributed by atoms with Gasteiger partial charge in [-0.15, -0.1) is 0 Å². The zero-order chi connectivity index (χ0) is 20.4. The van der Waals surface area contributed by atoms with E-state index >= 15 is 0 Å². The topological polar surface area (TPSA) is 47.6 Å². The predicted octanol–water partition coefficient (Wildman–Crippen LogP) is 5.96. The Kier molecular flexibility index (Phi) is 8.21. The van der Waals surface area contributed by atoms with Crippen molar-refractivity contribution in [3.8, 4) is 0 Å². The minimum absolute atomic E-state index is 0.0527. The fraction of sp³-hybridized carbons (Fsp3) is 0.250. The third kappa shape index (κ3) is 6.38. The fourth-order valence-electron chi connectivity index (χ4n) is 3.20. The summed E-state index contributed by atoms with van der Waals surface area (Å²) in [6.07, 6.45) is 0.0527. The molecule has 0 bridgehead atoms. The Morgan fingerprint density at radius 1 is 0.828 bits per heavy atom. The monoisotopic (exact) mass is 409 g/mol.